The molecule has 0 aliphatic heterocycles. The molecule has 4 aromatic rings. The molecule has 0 saturated heterocycles. The number of hydrogen-bond donors (Lipinski definition) is 1. The number of anilines is 1. The average Bonchev–Trinajstić information content (AvgIpc) is 3.80. The number of carbonyl (C=O) groups excluding carboxylic acids is 3. The third-order valence-corrected chi connectivity index (χ3v) is 11.9. The van der Waals surface area contributed by atoms with E-state index in [0.29, 0.717) is 22.4 Å². The maximum Gasteiger partial charge on any atom is 0.337 e. The molecule has 2 aliphatic rings. The first-order valence-corrected chi connectivity index (χ1v) is 18.2. The van der Waals surface area contributed by atoms with Crippen molar-refractivity contribution in [1.82, 2.24) is 0 Å². The number of ketones is 1. The van der Waals surface area contributed by atoms with Crippen LogP contribution in [0, 0.1) is 5.92 Å². The summed E-state index contributed by atoms with van der Waals surface area (Å²) in [5.41, 5.74) is 5.41. The number of thiophene rings is 1. The monoisotopic (exact) mass is 655 g/mol. The van der Waals surface area contributed by atoms with Crippen LogP contribution in [-0.4, -0.2) is 38.9 Å². The summed E-state index contributed by atoms with van der Waals surface area (Å²) in [6.45, 7) is 0. The standard InChI is InChI=1S/C37H37NO6S2/c1-44-37(41)27-17-13-24(14-18-27)9-10-25-15-19-29(20-16-25)38-36(40)35-31-7-2-3-8-33(31)45-34(35)22-32(39)28-5-4-6-30(21-28)46(42,43)23-26-11-12-26/h4-6,13-21,26H,2-3,7-12,22-23H2,1H3,(H,38,40). The van der Waals surface area contributed by atoms with Crippen LogP contribution in [0.5, 0.6) is 0 Å². The van der Waals surface area contributed by atoms with Crippen LogP contribution >= 0.6 is 11.3 Å². The molecule has 2 aliphatic carbocycles. The number of Topliss-reactive ketones (excluding diaryl/α,β-unsaturated/α-hetero) is 1. The molecule has 1 heterocycles. The van der Waals surface area contributed by atoms with Gasteiger partial charge in [-0.2, -0.15) is 0 Å². The van der Waals surface area contributed by atoms with Crippen LogP contribution in [0.1, 0.15) is 83.2 Å². The predicted octanol–water partition coefficient (Wildman–Crippen LogP) is 7.06. The number of aryl methyl sites for hydroxylation is 3. The number of fused-ring (bicyclic) bond motifs is 1. The van der Waals surface area contributed by atoms with E-state index in [-0.39, 0.29) is 40.6 Å². The summed E-state index contributed by atoms with van der Waals surface area (Å²) in [6.07, 6.45) is 7.28. The van der Waals surface area contributed by atoms with Crippen molar-refractivity contribution >= 4 is 44.5 Å². The Hall–Kier alpha value is -4.08. The lowest BCUT2D eigenvalue weighted by atomic mass is 9.93. The number of hydrogen-bond acceptors (Lipinski definition) is 7. The third-order valence-electron chi connectivity index (χ3n) is 8.75. The van der Waals surface area contributed by atoms with Crippen LogP contribution < -0.4 is 5.32 Å². The fraction of sp³-hybridized carbons (Fsp3) is 0.324. The Morgan fingerprint density at radius 1 is 0.870 bits per heavy atom. The molecule has 7 nitrogen and oxygen atoms in total. The molecule has 1 aromatic heterocycles. The van der Waals surface area contributed by atoms with E-state index >= 15 is 0 Å². The molecule has 1 fully saturated rings. The number of benzene rings is 3. The first kappa shape index (κ1) is 31.9. The van der Waals surface area contributed by atoms with Gasteiger partial charge >= 0.3 is 5.97 Å². The predicted molar refractivity (Wildman–Crippen MR) is 180 cm³/mol. The number of esters is 1. The van der Waals surface area contributed by atoms with Crippen molar-refractivity contribution in [3.05, 3.63) is 116 Å². The molecule has 46 heavy (non-hydrogen) atoms. The molecule has 6 rings (SSSR count). The van der Waals surface area contributed by atoms with Gasteiger partial charge in [0.05, 0.1) is 28.9 Å². The van der Waals surface area contributed by atoms with Gasteiger partial charge in [0.1, 0.15) is 0 Å². The quantitative estimate of drug-likeness (QED) is 0.129. The van der Waals surface area contributed by atoms with E-state index in [4.69, 9.17) is 4.74 Å². The summed E-state index contributed by atoms with van der Waals surface area (Å²) in [5, 5.41) is 3.06. The highest BCUT2D eigenvalue weighted by Gasteiger charge is 2.30. The molecule has 0 unspecified atom stereocenters. The molecular weight excluding hydrogens is 619 g/mol. The minimum atomic E-state index is -3.44. The zero-order chi connectivity index (χ0) is 32.3. The van der Waals surface area contributed by atoms with Crippen LogP contribution in [0.15, 0.2) is 77.7 Å². The van der Waals surface area contributed by atoms with Gasteiger partial charge in [0.2, 0.25) is 0 Å². The van der Waals surface area contributed by atoms with E-state index in [0.717, 1.165) is 77.8 Å². The Bertz CT molecular complexity index is 1870. The Balaban J connectivity index is 1.14. The molecule has 0 atom stereocenters. The maximum absolute atomic E-state index is 13.7. The normalized spacial score (nSPS) is 14.4. The van der Waals surface area contributed by atoms with Gasteiger partial charge in [-0.15, -0.1) is 11.3 Å². The molecule has 0 spiro atoms. The van der Waals surface area contributed by atoms with Crippen LogP contribution in [-0.2, 0) is 46.7 Å². The molecule has 3 aromatic carbocycles. The smallest absolute Gasteiger partial charge is 0.337 e. The van der Waals surface area contributed by atoms with E-state index in [1.165, 1.54) is 24.5 Å². The Kier molecular flexibility index (Phi) is 9.52. The highest BCUT2D eigenvalue weighted by Crippen LogP contribution is 2.36. The second-order valence-corrected chi connectivity index (χ2v) is 15.4. The number of amides is 1. The van der Waals surface area contributed by atoms with Crippen LogP contribution in [0.3, 0.4) is 0 Å². The van der Waals surface area contributed by atoms with Crippen molar-refractivity contribution in [2.45, 2.75) is 62.7 Å². The zero-order valence-corrected chi connectivity index (χ0v) is 27.5. The summed E-state index contributed by atoms with van der Waals surface area (Å²) in [7, 11) is -2.07. The Morgan fingerprint density at radius 3 is 2.22 bits per heavy atom. The lowest BCUT2D eigenvalue weighted by molar-refractivity contribution is 0.0600. The van der Waals surface area contributed by atoms with E-state index in [2.05, 4.69) is 5.32 Å². The van der Waals surface area contributed by atoms with Gasteiger partial charge in [0.25, 0.3) is 5.91 Å². The van der Waals surface area contributed by atoms with E-state index in [1.807, 2.05) is 36.4 Å². The van der Waals surface area contributed by atoms with Gasteiger partial charge in [-0.1, -0.05) is 36.4 Å². The number of ether oxygens (including phenoxy) is 1. The van der Waals surface area contributed by atoms with Gasteiger partial charge < -0.3 is 10.1 Å². The average molecular weight is 656 g/mol. The number of methoxy groups -OCH3 is 1. The van der Waals surface area contributed by atoms with Crippen molar-refractivity contribution in [3.8, 4) is 0 Å². The second kappa shape index (κ2) is 13.7. The van der Waals surface area contributed by atoms with E-state index < -0.39 is 9.84 Å². The minimum absolute atomic E-state index is 0.0477. The first-order chi connectivity index (χ1) is 22.2. The fourth-order valence-electron chi connectivity index (χ4n) is 5.98. The summed E-state index contributed by atoms with van der Waals surface area (Å²) < 4.78 is 30.5. The van der Waals surface area contributed by atoms with Crippen molar-refractivity contribution < 1.29 is 27.5 Å². The molecule has 1 N–H and O–H groups in total. The molecule has 1 saturated carbocycles. The van der Waals surface area contributed by atoms with Gasteiger partial charge in [-0.25, -0.2) is 13.2 Å². The topological polar surface area (TPSA) is 107 Å². The third kappa shape index (κ3) is 7.48. The lowest BCUT2D eigenvalue weighted by Crippen LogP contribution is -2.17. The van der Waals surface area contributed by atoms with Crippen LogP contribution in [0.4, 0.5) is 5.69 Å². The number of sulfone groups is 1. The Labute approximate surface area is 273 Å². The summed E-state index contributed by atoms with van der Waals surface area (Å²) in [6, 6.07) is 21.5. The minimum Gasteiger partial charge on any atom is -0.465 e. The number of rotatable bonds is 12. The second-order valence-electron chi connectivity index (χ2n) is 12.2. The SMILES string of the molecule is COC(=O)c1ccc(CCc2ccc(NC(=O)c3c(CC(=O)c4cccc(S(=O)(=O)CC5CC5)c4)sc4c3CCCC4)cc2)cc1. The van der Waals surface area contributed by atoms with Crippen molar-refractivity contribution in [2.75, 3.05) is 18.2 Å². The van der Waals surface area contributed by atoms with Crippen LogP contribution in [0.2, 0.25) is 0 Å². The van der Waals surface area contributed by atoms with E-state index in [1.54, 1.807) is 30.3 Å². The number of carbonyl (C=O) groups is 3. The molecule has 9 heteroatoms. The highest BCUT2D eigenvalue weighted by atomic mass is 32.2. The Morgan fingerprint density at radius 2 is 1.54 bits per heavy atom. The number of nitrogens with one attached hydrogen (secondary N) is 1. The summed E-state index contributed by atoms with van der Waals surface area (Å²) in [4.78, 5) is 41.0. The van der Waals surface area contributed by atoms with Gasteiger partial charge in [-0.3, -0.25) is 9.59 Å². The molecular formula is C37H37NO6S2. The van der Waals surface area contributed by atoms with Crippen molar-refractivity contribution in [1.29, 1.82) is 0 Å². The highest BCUT2D eigenvalue weighted by molar-refractivity contribution is 7.91. The molecule has 238 valence electrons. The van der Waals surface area contributed by atoms with Gasteiger partial charge in [-0.05, 0) is 110 Å². The van der Waals surface area contributed by atoms with Gasteiger partial charge in [0.15, 0.2) is 15.6 Å². The van der Waals surface area contributed by atoms with E-state index in [9.17, 15) is 22.8 Å². The summed E-state index contributed by atoms with van der Waals surface area (Å²) in [5.74, 6) is -0.424. The molecule has 0 bridgehead atoms. The van der Waals surface area contributed by atoms with Crippen molar-refractivity contribution in [3.63, 3.8) is 0 Å². The summed E-state index contributed by atoms with van der Waals surface area (Å²) >= 11 is 1.54. The molecule has 1 amide bonds. The largest absolute Gasteiger partial charge is 0.465 e. The zero-order valence-electron chi connectivity index (χ0n) is 25.8. The lowest BCUT2D eigenvalue weighted by Gasteiger charge is -2.14. The van der Waals surface area contributed by atoms with Crippen molar-refractivity contribution in [2.24, 2.45) is 5.92 Å². The van der Waals surface area contributed by atoms with Gasteiger partial charge in [0, 0.05) is 27.4 Å². The molecule has 0 radical (unpaired) electrons. The maximum atomic E-state index is 13.7. The van der Waals surface area contributed by atoms with Crippen LogP contribution in [0.25, 0.3) is 0 Å². The first-order valence-electron chi connectivity index (χ1n) is 15.8. The fourth-order valence-corrected chi connectivity index (χ4v) is 9.11.